The number of anilines is 1. The average Bonchev–Trinajstić information content (AvgIpc) is 3.08. The van der Waals surface area contributed by atoms with E-state index in [0.29, 0.717) is 0 Å². The van der Waals surface area contributed by atoms with Crippen LogP contribution in [0.25, 0.3) is 0 Å². The van der Waals surface area contributed by atoms with E-state index < -0.39 is 29.2 Å². The van der Waals surface area contributed by atoms with Crippen molar-refractivity contribution in [3.8, 4) is 12.3 Å². The number of oxime groups is 1. The van der Waals surface area contributed by atoms with Gasteiger partial charge in [-0.1, -0.05) is 11.1 Å². The van der Waals surface area contributed by atoms with Crippen LogP contribution in [0.15, 0.2) is 21.8 Å². The van der Waals surface area contributed by atoms with Gasteiger partial charge in [-0.2, -0.15) is 0 Å². The van der Waals surface area contributed by atoms with E-state index in [0.717, 1.165) is 16.2 Å². The maximum atomic E-state index is 12.6. The molecular formula is C15H12N5NaO5S2. The smallest absolute Gasteiger partial charge is 0.543 e. The minimum atomic E-state index is -1.54. The molecule has 3 heterocycles. The predicted molar refractivity (Wildman–Crippen MR) is 96.0 cm³/mol. The van der Waals surface area contributed by atoms with Crippen molar-refractivity contribution < 1.29 is 53.9 Å². The van der Waals surface area contributed by atoms with E-state index in [1.165, 1.54) is 24.3 Å². The number of nitrogens with two attached hydrogens (primary N) is 1. The van der Waals surface area contributed by atoms with E-state index in [4.69, 9.17) is 12.2 Å². The second-order valence-corrected chi connectivity index (χ2v) is 7.31. The van der Waals surface area contributed by atoms with Crippen LogP contribution in [0.2, 0.25) is 0 Å². The molecule has 2 atom stereocenters. The number of terminal acetylenes is 1. The number of rotatable bonds is 5. The van der Waals surface area contributed by atoms with Crippen LogP contribution in [0.1, 0.15) is 5.69 Å². The molecule has 0 bridgehead atoms. The van der Waals surface area contributed by atoms with Crippen LogP contribution in [-0.2, 0) is 19.2 Å². The second kappa shape index (κ2) is 8.97. The molecule has 2 aliphatic heterocycles. The number of thiazole rings is 1. The standard InChI is InChI=1S/C15H13N5O5S2.Na/c1-3-6-4-26-13-9(12(22)20(13)10(6)14(23)24)18-11(21)8(19-25-2)7-5-27-15(16)17-7;/h1,5,9,13H,4H2,2H3,(H2,16,17)(H,18,21)(H,23,24);/q;+1/p-1/t9?,13-;/m1./s1. The van der Waals surface area contributed by atoms with Gasteiger partial charge in [-0.15, -0.1) is 29.5 Å². The first kappa shape index (κ1) is 22.3. The summed E-state index contributed by atoms with van der Waals surface area (Å²) in [5.74, 6) is -0.384. The van der Waals surface area contributed by atoms with E-state index >= 15 is 0 Å². The van der Waals surface area contributed by atoms with Crippen molar-refractivity contribution in [2.24, 2.45) is 5.16 Å². The van der Waals surface area contributed by atoms with Gasteiger partial charge in [0, 0.05) is 16.7 Å². The van der Waals surface area contributed by atoms with Crippen molar-refractivity contribution >= 4 is 51.7 Å². The van der Waals surface area contributed by atoms with Gasteiger partial charge in [0.25, 0.3) is 11.8 Å². The van der Waals surface area contributed by atoms with E-state index in [-0.39, 0.29) is 63.1 Å². The molecule has 0 aliphatic carbocycles. The third-order valence-electron chi connectivity index (χ3n) is 3.78. The van der Waals surface area contributed by atoms with Crippen LogP contribution < -0.4 is 45.7 Å². The number of hydrogen-bond donors (Lipinski definition) is 2. The molecule has 0 aromatic carbocycles. The molecule has 1 aromatic rings. The Balaban J connectivity index is 0.00000280. The molecule has 0 spiro atoms. The quantitative estimate of drug-likeness (QED) is 0.156. The first-order chi connectivity index (χ1) is 12.9. The van der Waals surface area contributed by atoms with Crippen LogP contribution in [0.3, 0.4) is 0 Å². The van der Waals surface area contributed by atoms with Crippen molar-refractivity contribution in [2.45, 2.75) is 11.4 Å². The first-order valence-electron chi connectivity index (χ1n) is 7.38. The fourth-order valence-corrected chi connectivity index (χ4v) is 4.46. The second-order valence-electron chi connectivity index (χ2n) is 5.31. The molecular weight excluding hydrogens is 417 g/mol. The third kappa shape index (κ3) is 3.89. The predicted octanol–water partition coefficient (Wildman–Crippen LogP) is -4.88. The number of hydrogen-bond acceptors (Lipinski definition) is 10. The average molecular weight is 429 g/mol. The SMILES string of the molecule is C#CC1=C(C(=O)[O-])N2C(=O)C(NC(=O)C(=NOC)c3csc(N)n3)[C@H]2SC1.[Na+]. The summed E-state index contributed by atoms with van der Waals surface area (Å²) in [5, 5.41) is 18.7. The van der Waals surface area contributed by atoms with Crippen molar-refractivity contribution in [1.82, 2.24) is 15.2 Å². The number of carbonyl (C=O) groups excluding carboxylic acids is 3. The molecule has 3 N–H and O–H groups in total. The number of amides is 2. The van der Waals surface area contributed by atoms with Gasteiger partial charge in [0.2, 0.25) is 0 Å². The summed E-state index contributed by atoms with van der Waals surface area (Å²) in [6, 6.07) is -0.950. The van der Waals surface area contributed by atoms with Gasteiger partial charge < -0.3 is 25.8 Å². The summed E-state index contributed by atoms with van der Waals surface area (Å²) in [6.07, 6.45) is 5.30. The van der Waals surface area contributed by atoms with Gasteiger partial charge in [0.1, 0.15) is 24.2 Å². The van der Waals surface area contributed by atoms with Crippen molar-refractivity contribution in [3.63, 3.8) is 0 Å². The molecule has 1 aromatic heterocycles. The molecule has 0 saturated carbocycles. The molecule has 1 fully saturated rings. The minimum Gasteiger partial charge on any atom is -0.543 e. The summed E-state index contributed by atoms with van der Waals surface area (Å²) in [5.41, 5.74) is 5.43. The Labute approximate surface area is 189 Å². The Hall–Kier alpha value is -2.04. The summed E-state index contributed by atoms with van der Waals surface area (Å²) in [4.78, 5) is 46.0. The van der Waals surface area contributed by atoms with Crippen LogP contribution in [-0.4, -0.2) is 57.7 Å². The first-order valence-corrected chi connectivity index (χ1v) is 9.31. The molecule has 2 aliphatic rings. The molecule has 3 rings (SSSR count). The fraction of sp³-hybridized carbons (Fsp3) is 0.267. The summed E-state index contributed by atoms with van der Waals surface area (Å²) < 4.78 is 0. The molecule has 0 radical (unpaired) electrons. The van der Waals surface area contributed by atoms with E-state index in [1.54, 1.807) is 0 Å². The molecule has 10 nitrogen and oxygen atoms in total. The van der Waals surface area contributed by atoms with E-state index in [1.807, 2.05) is 0 Å². The zero-order valence-corrected chi connectivity index (χ0v) is 18.4. The number of β-lactam (4-membered cyclic amide) rings is 1. The Morgan fingerprint density at radius 1 is 1.57 bits per heavy atom. The largest absolute Gasteiger partial charge is 1.00 e. The normalized spacial score (nSPS) is 21.1. The van der Waals surface area contributed by atoms with Gasteiger partial charge in [-0.3, -0.25) is 14.5 Å². The zero-order valence-electron chi connectivity index (χ0n) is 14.8. The molecule has 2 amide bonds. The number of thioether (sulfide) groups is 1. The topological polar surface area (TPSA) is 150 Å². The number of nitrogen functional groups attached to an aromatic ring is 1. The molecule has 140 valence electrons. The summed E-state index contributed by atoms with van der Waals surface area (Å²) >= 11 is 2.35. The maximum Gasteiger partial charge on any atom is 1.00 e. The molecule has 1 unspecified atom stereocenters. The number of nitrogens with one attached hydrogen (secondary N) is 1. The Morgan fingerprint density at radius 2 is 2.29 bits per heavy atom. The Bertz CT molecular complexity index is 937. The summed E-state index contributed by atoms with van der Waals surface area (Å²) in [7, 11) is 1.26. The van der Waals surface area contributed by atoms with Crippen LogP contribution in [0.5, 0.6) is 0 Å². The monoisotopic (exact) mass is 429 g/mol. The van der Waals surface area contributed by atoms with E-state index in [2.05, 4.69) is 26.2 Å². The maximum absolute atomic E-state index is 12.6. The van der Waals surface area contributed by atoms with Crippen molar-refractivity contribution in [1.29, 1.82) is 0 Å². The van der Waals surface area contributed by atoms with Crippen LogP contribution >= 0.6 is 23.1 Å². The van der Waals surface area contributed by atoms with Gasteiger partial charge >= 0.3 is 29.6 Å². The van der Waals surface area contributed by atoms with E-state index in [9.17, 15) is 19.5 Å². The zero-order chi connectivity index (χ0) is 19.7. The number of aromatic nitrogens is 1. The Kier molecular flexibility index (Phi) is 7.13. The number of aliphatic carboxylic acids is 1. The van der Waals surface area contributed by atoms with Gasteiger partial charge in [0.05, 0.1) is 11.7 Å². The summed E-state index contributed by atoms with van der Waals surface area (Å²) in [6.45, 7) is 0. The fourth-order valence-electron chi connectivity index (χ4n) is 2.62. The number of fused-ring (bicyclic) bond motifs is 1. The number of carboxylic acids is 1. The van der Waals surface area contributed by atoms with Crippen molar-refractivity contribution in [3.05, 3.63) is 22.3 Å². The molecule has 1 saturated heterocycles. The van der Waals surface area contributed by atoms with Gasteiger partial charge in [0.15, 0.2) is 10.8 Å². The molecule has 13 heteroatoms. The number of nitrogens with zero attached hydrogens (tertiary/aromatic N) is 3. The minimum absolute atomic E-state index is 0. The van der Waals surface area contributed by atoms with Crippen molar-refractivity contribution in [2.75, 3.05) is 18.6 Å². The van der Waals surface area contributed by atoms with Crippen LogP contribution in [0, 0.1) is 12.3 Å². The van der Waals surface area contributed by atoms with Crippen LogP contribution in [0.4, 0.5) is 5.13 Å². The van der Waals surface area contributed by atoms with Gasteiger partial charge in [-0.25, -0.2) is 4.98 Å². The van der Waals surface area contributed by atoms with Gasteiger partial charge in [-0.05, 0) is 0 Å². The third-order valence-corrected chi connectivity index (χ3v) is 5.74. The number of carboxylic acid groups (broad SMARTS) is 1. The Morgan fingerprint density at radius 3 is 2.82 bits per heavy atom. The molecule has 28 heavy (non-hydrogen) atoms. The number of carbonyl (C=O) groups is 3.